The van der Waals surface area contributed by atoms with Gasteiger partial charge in [-0.2, -0.15) is 5.26 Å². The third-order valence-electron chi connectivity index (χ3n) is 6.17. The van der Waals surface area contributed by atoms with Crippen LogP contribution in [0, 0.1) is 23.2 Å². The molecule has 5 atom stereocenters. The van der Waals surface area contributed by atoms with Crippen molar-refractivity contribution in [1.82, 2.24) is 24.5 Å². The van der Waals surface area contributed by atoms with E-state index < -0.39 is 0 Å². The minimum atomic E-state index is 0.336. The summed E-state index contributed by atoms with van der Waals surface area (Å²) in [5.74, 6) is 3.70. The summed E-state index contributed by atoms with van der Waals surface area (Å²) in [6.45, 7) is 4.59. The molecule has 0 saturated heterocycles. The highest BCUT2D eigenvalue weighted by Crippen LogP contribution is 2.47. The highest BCUT2D eigenvalue weighted by atomic mass is 15.3. The van der Waals surface area contributed by atoms with E-state index in [1.54, 1.807) is 6.20 Å². The van der Waals surface area contributed by atoms with Crippen molar-refractivity contribution in [3.63, 3.8) is 0 Å². The van der Waals surface area contributed by atoms with Crippen molar-refractivity contribution in [1.29, 1.82) is 5.26 Å². The molecule has 1 aromatic rings. The van der Waals surface area contributed by atoms with E-state index in [9.17, 15) is 0 Å². The molecule has 28 heavy (non-hydrogen) atoms. The van der Waals surface area contributed by atoms with Crippen molar-refractivity contribution in [2.24, 2.45) is 11.8 Å². The first kappa shape index (κ1) is 16.9. The van der Waals surface area contributed by atoms with Crippen LogP contribution in [0.1, 0.15) is 38.4 Å². The molecule has 4 heterocycles. The molecule has 1 aromatic heterocycles. The molecule has 2 N–H and O–H groups in total. The second-order valence-electron chi connectivity index (χ2n) is 7.94. The molecule has 0 amide bonds. The van der Waals surface area contributed by atoms with Gasteiger partial charge in [0.05, 0.1) is 30.3 Å². The number of aromatic nitrogens is 5. The molecule has 142 valence electrons. The molecule has 4 aliphatic rings. The van der Waals surface area contributed by atoms with Gasteiger partial charge in [-0.25, -0.2) is 19.9 Å². The van der Waals surface area contributed by atoms with Gasteiger partial charge in [-0.15, -0.1) is 0 Å². The second kappa shape index (κ2) is 6.44. The van der Waals surface area contributed by atoms with Gasteiger partial charge in [-0.05, 0) is 37.7 Å². The predicted octanol–water partition coefficient (Wildman–Crippen LogP) is 2.93. The molecule has 8 nitrogen and oxygen atoms in total. The lowest BCUT2D eigenvalue weighted by atomic mass is 9.86. The van der Waals surface area contributed by atoms with Gasteiger partial charge in [0.1, 0.15) is 17.7 Å². The summed E-state index contributed by atoms with van der Waals surface area (Å²) in [5.41, 5.74) is 1.43. The Morgan fingerprint density at radius 2 is 2.04 bits per heavy atom. The molecule has 2 unspecified atom stereocenters. The summed E-state index contributed by atoms with van der Waals surface area (Å²) >= 11 is 0. The summed E-state index contributed by atoms with van der Waals surface area (Å²) in [5, 5.41) is 16.0. The van der Waals surface area contributed by atoms with Gasteiger partial charge in [-0.1, -0.05) is 6.92 Å². The Kier molecular flexibility index (Phi) is 3.90. The van der Waals surface area contributed by atoms with Crippen LogP contribution in [0.15, 0.2) is 30.9 Å². The quantitative estimate of drug-likeness (QED) is 0.726. The molecule has 1 aliphatic carbocycles. The number of nitrogens with zero attached hydrogens (tertiary/aromatic N) is 6. The van der Waals surface area contributed by atoms with Gasteiger partial charge in [-0.3, -0.25) is 0 Å². The van der Waals surface area contributed by atoms with E-state index in [-0.39, 0.29) is 0 Å². The summed E-state index contributed by atoms with van der Waals surface area (Å²) < 4.78 is 2.39. The highest BCUT2D eigenvalue weighted by Gasteiger charge is 2.43. The van der Waals surface area contributed by atoms with Crippen LogP contribution in [0.4, 0.5) is 11.6 Å². The smallest absolute Gasteiger partial charge is 0.176 e. The van der Waals surface area contributed by atoms with Crippen LogP contribution in [0.25, 0.3) is 11.5 Å². The van der Waals surface area contributed by atoms with Crippen molar-refractivity contribution in [2.75, 3.05) is 10.6 Å². The van der Waals surface area contributed by atoms with Gasteiger partial charge in [0.15, 0.2) is 11.5 Å². The Bertz CT molecular complexity index is 1000. The van der Waals surface area contributed by atoms with Crippen molar-refractivity contribution in [3.05, 3.63) is 36.5 Å². The van der Waals surface area contributed by atoms with E-state index in [4.69, 9.17) is 5.26 Å². The maximum Gasteiger partial charge on any atom is 0.176 e. The van der Waals surface area contributed by atoms with Gasteiger partial charge >= 0.3 is 0 Å². The molecular formula is C20H22N8. The topological polar surface area (TPSA) is 104 Å². The first-order chi connectivity index (χ1) is 13.6. The first-order valence-electron chi connectivity index (χ1n) is 9.71. The summed E-state index contributed by atoms with van der Waals surface area (Å²) in [6, 6.07) is 5.10. The zero-order valence-electron chi connectivity index (χ0n) is 15.9. The number of hydrogen-bond acceptors (Lipinski definition) is 7. The Morgan fingerprint density at radius 3 is 2.82 bits per heavy atom. The third-order valence-corrected chi connectivity index (χ3v) is 6.17. The van der Waals surface area contributed by atoms with E-state index >= 15 is 0 Å². The Balaban J connectivity index is 1.39. The molecule has 8 heteroatoms. The second-order valence-corrected chi connectivity index (χ2v) is 7.94. The lowest BCUT2D eigenvalue weighted by molar-refractivity contribution is 0.273. The number of rotatable bonds is 3. The molecular weight excluding hydrogens is 352 g/mol. The molecule has 0 radical (unpaired) electrons. The first-order valence-corrected chi connectivity index (χ1v) is 9.71. The van der Waals surface area contributed by atoms with Crippen LogP contribution in [0.2, 0.25) is 0 Å². The van der Waals surface area contributed by atoms with E-state index in [0.717, 1.165) is 36.0 Å². The van der Waals surface area contributed by atoms with Crippen LogP contribution in [-0.2, 0) is 0 Å². The van der Waals surface area contributed by atoms with Crippen molar-refractivity contribution in [2.45, 2.75) is 44.8 Å². The van der Waals surface area contributed by atoms with E-state index in [0.29, 0.717) is 35.7 Å². The summed E-state index contributed by atoms with van der Waals surface area (Å²) in [7, 11) is 0. The van der Waals surface area contributed by atoms with Crippen molar-refractivity contribution < 1.29 is 0 Å². The maximum absolute atomic E-state index is 8.88. The van der Waals surface area contributed by atoms with Gasteiger partial charge in [0.25, 0.3) is 0 Å². The fourth-order valence-corrected chi connectivity index (χ4v) is 5.00. The van der Waals surface area contributed by atoms with Crippen LogP contribution in [0.3, 0.4) is 0 Å². The highest BCUT2D eigenvalue weighted by molar-refractivity contribution is 5.59. The van der Waals surface area contributed by atoms with Crippen LogP contribution in [0.5, 0.6) is 0 Å². The standard InChI is InChI=1S/C20H22N8/c1-11-5-13(27-17-9-23-14(7-21)8-24-17)6-15(11)19-12(2)26-18-10-25-20-16(28(18)19)3-4-22-20/h3-4,8-13,15,19,26H,5-6H2,1-2H3,(H,24,27)/t11-,12?,13+,15-,19?/m1/s1. The minimum absolute atomic E-state index is 0.336. The average Bonchev–Trinajstić information content (AvgIpc) is 3.38. The van der Waals surface area contributed by atoms with E-state index in [1.165, 1.54) is 6.20 Å². The number of nitriles is 1. The van der Waals surface area contributed by atoms with Gasteiger partial charge < -0.3 is 15.2 Å². The van der Waals surface area contributed by atoms with Crippen molar-refractivity contribution >= 4 is 11.6 Å². The molecule has 0 aromatic carbocycles. The predicted molar refractivity (Wildman–Crippen MR) is 105 cm³/mol. The average molecular weight is 374 g/mol. The maximum atomic E-state index is 8.88. The van der Waals surface area contributed by atoms with Crippen LogP contribution < -0.4 is 10.6 Å². The van der Waals surface area contributed by atoms with Gasteiger partial charge in [0, 0.05) is 18.3 Å². The largest absolute Gasteiger partial charge is 0.366 e. The molecule has 1 fully saturated rings. The van der Waals surface area contributed by atoms with Crippen molar-refractivity contribution in [3.8, 4) is 17.6 Å². The lowest BCUT2D eigenvalue weighted by Gasteiger charge is -2.29. The van der Waals surface area contributed by atoms with E-state index in [1.807, 2.05) is 18.5 Å². The van der Waals surface area contributed by atoms with Crippen LogP contribution >= 0.6 is 0 Å². The Morgan fingerprint density at radius 1 is 1.14 bits per heavy atom. The number of fused-ring (bicyclic) bond motifs is 3. The zero-order chi connectivity index (χ0) is 19.3. The zero-order valence-corrected chi connectivity index (χ0v) is 15.9. The molecule has 5 rings (SSSR count). The summed E-state index contributed by atoms with van der Waals surface area (Å²) in [4.78, 5) is 17.3. The number of hydrogen-bond donors (Lipinski definition) is 2. The van der Waals surface area contributed by atoms with E-state index in [2.05, 4.69) is 55.1 Å². The van der Waals surface area contributed by atoms with Crippen LogP contribution in [-0.4, -0.2) is 36.6 Å². The normalized spacial score (nSPS) is 28.7. The molecule has 0 spiro atoms. The Hall–Kier alpha value is -3.21. The monoisotopic (exact) mass is 374 g/mol. The fraction of sp³-hybridized carbons (Fsp3) is 0.450. The fourth-order valence-electron chi connectivity index (χ4n) is 5.00. The molecule has 1 saturated carbocycles. The molecule has 0 bridgehead atoms. The molecule has 3 aliphatic heterocycles. The lowest BCUT2D eigenvalue weighted by Crippen LogP contribution is -2.29. The SMILES string of the molecule is CC1Nc2cnc3nccc-3n2C1[C@@H]1C[C@@H](Nc2cnc(C#N)cn2)C[C@H]1C. The minimum Gasteiger partial charge on any atom is -0.366 e. The number of anilines is 2. The number of nitrogens with one attached hydrogen (secondary N) is 2. The third kappa shape index (κ3) is 2.66. The summed E-state index contributed by atoms with van der Waals surface area (Å²) in [6.07, 6.45) is 9.03. The van der Waals surface area contributed by atoms with Gasteiger partial charge in [0.2, 0.25) is 0 Å². The Labute approximate surface area is 163 Å².